The summed E-state index contributed by atoms with van der Waals surface area (Å²) in [5.41, 5.74) is 0.661. The van der Waals surface area contributed by atoms with E-state index in [1.165, 1.54) is 0 Å². The molecule has 21 heavy (non-hydrogen) atoms. The van der Waals surface area contributed by atoms with E-state index in [0.29, 0.717) is 39.8 Å². The molecule has 1 heterocycles. The van der Waals surface area contributed by atoms with Gasteiger partial charge in [-0.3, -0.25) is 0 Å². The molecule has 0 radical (unpaired) electrons. The number of hydrogen-bond donors (Lipinski definition) is 2. The van der Waals surface area contributed by atoms with E-state index in [1.54, 1.807) is 20.2 Å². The molecule has 0 fully saturated rings. The molecule has 0 amide bonds. The van der Waals surface area contributed by atoms with Gasteiger partial charge in [0.2, 0.25) is 0 Å². The SMILES string of the molecule is CNc1cc(Nc2ccc(Br)c(Cl)c2Cl)nc(COC)n1. The Hall–Kier alpha value is -1.08. The number of halogens is 3. The van der Waals surface area contributed by atoms with Gasteiger partial charge < -0.3 is 15.4 Å². The molecule has 2 aromatic rings. The van der Waals surface area contributed by atoms with E-state index >= 15 is 0 Å². The molecule has 0 saturated heterocycles. The number of aromatic nitrogens is 2. The van der Waals surface area contributed by atoms with Crippen LogP contribution in [-0.4, -0.2) is 24.1 Å². The van der Waals surface area contributed by atoms with Crippen LogP contribution in [0.15, 0.2) is 22.7 Å². The standard InChI is InChI=1S/C13H13BrCl2N4O/c1-17-9-5-10(20-11(19-9)6-21-2)18-8-4-3-7(14)12(15)13(8)16/h3-5H,6H2,1-2H3,(H2,17,18,19,20). The number of hydrogen-bond acceptors (Lipinski definition) is 5. The Morgan fingerprint density at radius 2 is 1.90 bits per heavy atom. The third-order valence-corrected chi connectivity index (χ3v) is 4.37. The van der Waals surface area contributed by atoms with Crippen LogP contribution in [0.25, 0.3) is 0 Å². The summed E-state index contributed by atoms with van der Waals surface area (Å²) in [5.74, 6) is 1.84. The van der Waals surface area contributed by atoms with Crippen LogP contribution in [0.4, 0.5) is 17.3 Å². The lowest BCUT2D eigenvalue weighted by atomic mass is 10.3. The molecule has 0 spiro atoms. The number of anilines is 3. The zero-order valence-corrected chi connectivity index (χ0v) is 14.5. The maximum Gasteiger partial charge on any atom is 0.158 e. The maximum atomic E-state index is 6.21. The van der Waals surface area contributed by atoms with Crippen LogP contribution < -0.4 is 10.6 Å². The summed E-state index contributed by atoms with van der Waals surface area (Å²) in [4.78, 5) is 8.64. The van der Waals surface area contributed by atoms with E-state index in [9.17, 15) is 0 Å². The van der Waals surface area contributed by atoms with Crippen LogP contribution in [0.3, 0.4) is 0 Å². The maximum absolute atomic E-state index is 6.21. The van der Waals surface area contributed by atoms with Gasteiger partial charge in [0.15, 0.2) is 5.82 Å². The Morgan fingerprint density at radius 1 is 1.19 bits per heavy atom. The minimum Gasteiger partial charge on any atom is -0.377 e. The summed E-state index contributed by atoms with van der Waals surface area (Å²) in [6, 6.07) is 5.40. The summed E-state index contributed by atoms with van der Waals surface area (Å²) >= 11 is 15.6. The smallest absolute Gasteiger partial charge is 0.158 e. The van der Waals surface area contributed by atoms with Crippen molar-refractivity contribution in [3.63, 3.8) is 0 Å². The highest BCUT2D eigenvalue weighted by atomic mass is 79.9. The van der Waals surface area contributed by atoms with Crippen molar-refractivity contribution >= 4 is 56.5 Å². The number of ether oxygens (including phenoxy) is 1. The van der Waals surface area contributed by atoms with Crippen molar-refractivity contribution in [3.05, 3.63) is 38.5 Å². The van der Waals surface area contributed by atoms with Gasteiger partial charge in [-0.1, -0.05) is 23.2 Å². The highest BCUT2D eigenvalue weighted by molar-refractivity contribution is 9.10. The van der Waals surface area contributed by atoms with E-state index in [2.05, 4.69) is 36.5 Å². The van der Waals surface area contributed by atoms with Gasteiger partial charge in [0.05, 0.1) is 15.7 Å². The summed E-state index contributed by atoms with van der Waals surface area (Å²) < 4.78 is 5.79. The Balaban J connectivity index is 2.34. The largest absolute Gasteiger partial charge is 0.377 e. The third-order valence-electron chi connectivity index (χ3n) is 2.60. The topological polar surface area (TPSA) is 59.1 Å². The van der Waals surface area contributed by atoms with Crippen LogP contribution in [0.5, 0.6) is 0 Å². The van der Waals surface area contributed by atoms with Crippen molar-refractivity contribution in [2.75, 3.05) is 24.8 Å². The number of nitrogens with one attached hydrogen (secondary N) is 2. The molecule has 5 nitrogen and oxygen atoms in total. The molecule has 2 rings (SSSR count). The summed E-state index contributed by atoms with van der Waals surface area (Å²) in [6.45, 7) is 0.318. The number of methoxy groups -OCH3 is 1. The van der Waals surface area contributed by atoms with E-state index in [4.69, 9.17) is 27.9 Å². The first-order valence-corrected chi connectivity index (χ1v) is 7.55. The second kappa shape index (κ2) is 7.26. The highest BCUT2D eigenvalue weighted by Gasteiger charge is 2.10. The van der Waals surface area contributed by atoms with Gasteiger partial charge >= 0.3 is 0 Å². The summed E-state index contributed by atoms with van der Waals surface area (Å²) in [7, 11) is 3.38. The van der Waals surface area contributed by atoms with Gasteiger partial charge in [0.25, 0.3) is 0 Å². The Kier molecular flexibility index (Phi) is 5.64. The molecule has 0 unspecified atom stereocenters. The lowest BCUT2D eigenvalue weighted by molar-refractivity contribution is 0.178. The Bertz CT molecular complexity index is 654. The van der Waals surface area contributed by atoms with Gasteiger partial charge in [-0.05, 0) is 28.1 Å². The quantitative estimate of drug-likeness (QED) is 0.736. The van der Waals surface area contributed by atoms with Crippen molar-refractivity contribution in [1.82, 2.24) is 9.97 Å². The predicted molar refractivity (Wildman–Crippen MR) is 89.7 cm³/mol. The van der Waals surface area contributed by atoms with E-state index in [1.807, 2.05) is 12.1 Å². The van der Waals surface area contributed by atoms with E-state index < -0.39 is 0 Å². The van der Waals surface area contributed by atoms with Crippen molar-refractivity contribution in [1.29, 1.82) is 0 Å². The fourth-order valence-corrected chi connectivity index (χ4v) is 2.46. The van der Waals surface area contributed by atoms with Gasteiger partial charge in [0, 0.05) is 24.7 Å². The van der Waals surface area contributed by atoms with Crippen molar-refractivity contribution in [2.45, 2.75) is 6.61 Å². The molecule has 0 aliphatic carbocycles. The third kappa shape index (κ3) is 3.97. The minimum absolute atomic E-state index is 0.318. The van der Waals surface area contributed by atoms with Crippen LogP contribution in [0.2, 0.25) is 10.0 Å². The van der Waals surface area contributed by atoms with Gasteiger partial charge in [-0.15, -0.1) is 0 Å². The van der Waals surface area contributed by atoms with Crippen molar-refractivity contribution < 1.29 is 4.74 Å². The monoisotopic (exact) mass is 390 g/mol. The molecule has 112 valence electrons. The molecular formula is C13H13BrCl2N4O. The fraction of sp³-hybridized carbons (Fsp3) is 0.231. The normalized spacial score (nSPS) is 10.5. The lowest BCUT2D eigenvalue weighted by Crippen LogP contribution is -2.05. The van der Waals surface area contributed by atoms with Crippen molar-refractivity contribution in [2.24, 2.45) is 0 Å². The Morgan fingerprint density at radius 3 is 2.57 bits per heavy atom. The summed E-state index contributed by atoms with van der Waals surface area (Å²) in [5, 5.41) is 6.97. The Labute approximate surface area is 141 Å². The molecule has 8 heteroatoms. The minimum atomic E-state index is 0.318. The molecule has 1 aromatic heterocycles. The second-order valence-corrected chi connectivity index (χ2v) is 5.70. The first-order chi connectivity index (χ1) is 10.0. The van der Waals surface area contributed by atoms with Crippen molar-refractivity contribution in [3.8, 4) is 0 Å². The first kappa shape index (κ1) is 16.3. The molecule has 2 N–H and O–H groups in total. The van der Waals surface area contributed by atoms with Crippen LogP contribution in [0.1, 0.15) is 5.82 Å². The zero-order chi connectivity index (χ0) is 15.4. The molecular weight excluding hydrogens is 379 g/mol. The van der Waals surface area contributed by atoms with Crippen LogP contribution in [-0.2, 0) is 11.3 Å². The van der Waals surface area contributed by atoms with E-state index in [-0.39, 0.29) is 0 Å². The summed E-state index contributed by atoms with van der Waals surface area (Å²) in [6.07, 6.45) is 0. The van der Waals surface area contributed by atoms with E-state index in [0.717, 1.165) is 4.47 Å². The number of nitrogens with zero attached hydrogens (tertiary/aromatic N) is 2. The average Bonchev–Trinajstić information content (AvgIpc) is 2.48. The van der Waals surface area contributed by atoms with Gasteiger partial charge in [-0.25, -0.2) is 9.97 Å². The van der Waals surface area contributed by atoms with Gasteiger partial charge in [0.1, 0.15) is 18.2 Å². The lowest BCUT2D eigenvalue weighted by Gasteiger charge is -2.12. The van der Waals surface area contributed by atoms with Gasteiger partial charge in [-0.2, -0.15) is 0 Å². The molecule has 0 bridgehead atoms. The molecule has 0 saturated carbocycles. The number of rotatable bonds is 5. The van der Waals surface area contributed by atoms with Crippen LogP contribution in [0, 0.1) is 0 Å². The molecule has 0 aliphatic rings. The fourth-order valence-electron chi connectivity index (χ4n) is 1.64. The second-order valence-electron chi connectivity index (χ2n) is 4.09. The highest BCUT2D eigenvalue weighted by Crippen LogP contribution is 2.37. The predicted octanol–water partition coefficient (Wildman–Crippen LogP) is 4.48. The average molecular weight is 392 g/mol. The number of benzene rings is 1. The first-order valence-electron chi connectivity index (χ1n) is 6.00. The molecule has 0 atom stereocenters. The van der Waals surface area contributed by atoms with Crippen LogP contribution >= 0.6 is 39.1 Å². The zero-order valence-electron chi connectivity index (χ0n) is 11.4. The molecule has 1 aromatic carbocycles. The molecule has 0 aliphatic heterocycles.